The quantitative estimate of drug-likeness (QED) is 0.638. The van der Waals surface area contributed by atoms with Crippen molar-refractivity contribution in [1.82, 2.24) is 4.98 Å². The summed E-state index contributed by atoms with van der Waals surface area (Å²) in [6.07, 6.45) is 3.44. The second-order valence-corrected chi connectivity index (χ2v) is 4.41. The number of halogens is 1. The molecule has 1 unspecified atom stereocenters. The SMILES string of the molecule is COC(=O)C(N)C1(c2ccc(Cl)nc2)CC1. The van der Waals surface area contributed by atoms with Crippen LogP contribution in [-0.4, -0.2) is 24.1 Å². The summed E-state index contributed by atoms with van der Waals surface area (Å²) >= 11 is 5.72. The van der Waals surface area contributed by atoms with Crippen LogP contribution >= 0.6 is 11.6 Å². The normalized spacial score (nSPS) is 18.9. The van der Waals surface area contributed by atoms with E-state index >= 15 is 0 Å². The maximum atomic E-state index is 11.4. The van der Waals surface area contributed by atoms with E-state index in [0.29, 0.717) is 5.15 Å². The molecule has 1 aromatic rings. The largest absolute Gasteiger partial charge is 0.468 e. The summed E-state index contributed by atoms with van der Waals surface area (Å²) in [5, 5.41) is 0.436. The van der Waals surface area contributed by atoms with Gasteiger partial charge in [-0.15, -0.1) is 0 Å². The molecule has 0 bridgehead atoms. The van der Waals surface area contributed by atoms with Gasteiger partial charge in [-0.1, -0.05) is 17.7 Å². The van der Waals surface area contributed by atoms with Crippen LogP contribution < -0.4 is 5.73 Å². The monoisotopic (exact) mass is 240 g/mol. The summed E-state index contributed by atoms with van der Waals surface area (Å²) in [4.78, 5) is 15.5. The van der Waals surface area contributed by atoms with Crippen molar-refractivity contribution in [1.29, 1.82) is 0 Å². The van der Waals surface area contributed by atoms with Crippen molar-refractivity contribution in [3.63, 3.8) is 0 Å². The third-order valence-electron chi connectivity index (χ3n) is 3.14. The molecule has 2 N–H and O–H groups in total. The van der Waals surface area contributed by atoms with Gasteiger partial charge in [0.2, 0.25) is 0 Å². The summed E-state index contributed by atoms with van der Waals surface area (Å²) in [5.74, 6) is -0.382. The lowest BCUT2D eigenvalue weighted by atomic mass is 9.90. The highest BCUT2D eigenvalue weighted by atomic mass is 35.5. The molecule has 1 heterocycles. The van der Waals surface area contributed by atoms with E-state index in [4.69, 9.17) is 17.3 Å². The van der Waals surface area contributed by atoms with E-state index < -0.39 is 6.04 Å². The van der Waals surface area contributed by atoms with Crippen LogP contribution in [0.5, 0.6) is 0 Å². The lowest BCUT2D eigenvalue weighted by molar-refractivity contribution is -0.143. The Morgan fingerprint density at radius 3 is 2.75 bits per heavy atom. The van der Waals surface area contributed by atoms with Crippen molar-refractivity contribution in [2.24, 2.45) is 5.73 Å². The van der Waals surface area contributed by atoms with Crippen LogP contribution in [0, 0.1) is 0 Å². The third-order valence-corrected chi connectivity index (χ3v) is 3.37. The molecule has 1 aliphatic carbocycles. The Morgan fingerprint density at radius 2 is 2.31 bits per heavy atom. The van der Waals surface area contributed by atoms with Crippen LogP contribution in [-0.2, 0) is 14.9 Å². The first-order valence-corrected chi connectivity index (χ1v) is 5.43. The molecule has 0 aliphatic heterocycles. The molecule has 1 fully saturated rings. The topological polar surface area (TPSA) is 65.2 Å². The van der Waals surface area contributed by atoms with Gasteiger partial charge in [0.05, 0.1) is 7.11 Å². The van der Waals surface area contributed by atoms with Gasteiger partial charge in [-0.05, 0) is 24.5 Å². The number of ether oxygens (including phenoxy) is 1. The Hall–Kier alpha value is -1.13. The molecule has 86 valence electrons. The van der Waals surface area contributed by atoms with E-state index in [2.05, 4.69) is 9.72 Å². The molecule has 2 rings (SSSR count). The number of hydrogen-bond acceptors (Lipinski definition) is 4. The predicted molar refractivity (Wildman–Crippen MR) is 60.2 cm³/mol. The Morgan fingerprint density at radius 1 is 1.62 bits per heavy atom. The minimum absolute atomic E-state index is 0.301. The smallest absolute Gasteiger partial charge is 0.323 e. The molecule has 1 aromatic heterocycles. The summed E-state index contributed by atoms with van der Waals surface area (Å²) in [6, 6.07) is 2.95. The molecule has 0 spiro atoms. The summed E-state index contributed by atoms with van der Waals surface area (Å²) in [5.41, 5.74) is 6.56. The summed E-state index contributed by atoms with van der Waals surface area (Å²) in [6.45, 7) is 0. The van der Waals surface area contributed by atoms with E-state index in [1.165, 1.54) is 7.11 Å². The number of nitrogens with two attached hydrogens (primary N) is 1. The van der Waals surface area contributed by atoms with Gasteiger partial charge in [-0.25, -0.2) is 4.98 Å². The molecular weight excluding hydrogens is 228 g/mol. The van der Waals surface area contributed by atoms with Crippen LogP contribution in [0.25, 0.3) is 0 Å². The average molecular weight is 241 g/mol. The predicted octanol–water partition coefficient (Wildman–Crippen LogP) is 1.27. The molecule has 1 atom stereocenters. The zero-order chi connectivity index (χ0) is 11.8. The first-order valence-electron chi connectivity index (χ1n) is 5.05. The zero-order valence-corrected chi connectivity index (χ0v) is 9.70. The zero-order valence-electron chi connectivity index (χ0n) is 8.94. The van der Waals surface area contributed by atoms with Crippen molar-refractivity contribution in [3.8, 4) is 0 Å². The molecule has 1 saturated carbocycles. The van der Waals surface area contributed by atoms with Crippen molar-refractivity contribution in [3.05, 3.63) is 29.0 Å². The molecule has 0 aromatic carbocycles. The van der Waals surface area contributed by atoms with Gasteiger partial charge < -0.3 is 10.5 Å². The number of carbonyl (C=O) groups is 1. The number of hydrogen-bond donors (Lipinski definition) is 1. The van der Waals surface area contributed by atoms with Crippen LogP contribution in [0.2, 0.25) is 5.15 Å². The minimum Gasteiger partial charge on any atom is -0.468 e. The standard InChI is InChI=1S/C11H13ClN2O2/c1-16-10(15)9(13)11(4-5-11)7-2-3-8(12)14-6-7/h2-3,6,9H,4-5,13H2,1H3. The second-order valence-electron chi connectivity index (χ2n) is 4.03. The number of esters is 1. The van der Waals surface area contributed by atoms with Gasteiger partial charge >= 0.3 is 5.97 Å². The van der Waals surface area contributed by atoms with Gasteiger partial charge in [0.1, 0.15) is 11.2 Å². The Kier molecular flexibility index (Phi) is 2.86. The van der Waals surface area contributed by atoms with E-state index in [-0.39, 0.29) is 11.4 Å². The van der Waals surface area contributed by atoms with Crippen molar-refractivity contribution >= 4 is 17.6 Å². The number of methoxy groups -OCH3 is 1. The Balaban J connectivity index is 2.26. The Bertz CT molecular complexity index is 401. The summed E-state index contributed by atoms with van der Waals surface area (Å²) < 4.78 is 4.67. The number of nitrogens with zero attached hydrogens (tertiary/aromatic N) is 1. The van der Waals surface area contributed by atoms with Gasteiger partial charge in [-0.2, -0.15) is 0 Å². The first-order chi connectivity index (χ1) is 7.60. The fraction of sp³-hybridized carbons (Fsp3) is 0.455. The summed E-state index contributed by atoms with van der Waals surface area (Å²) in [7, 11) is 1.35. The maximum Gasteiger partial charge on any atom is 0.323 e. The van der Waals surface area contributed by atoms with Crippen LogP contribution in [0.15, 0.2) is 18.3 Å². The van der Waals surface area contributed by atoms with Crippen molar-refractivity contribution < 1.29 is 9.53 Å². The highest BCUT2D eigenvalue weighted by molar-refractivity contribution is 6.29. The number of rotatable bonds is 3. The molecule has 0 radical (unpaired) electrons. The van der Waals surface area contributed by atoms with Crippen LogP contribution in [0.3, 0.4) is 0 Å². The molecule has 1 aliphatic rings. The number of pyridine rings is 1. The van der Waals surface area contributed by atoms with Crippen LogP contribution in [0.1, 0.15) is 18.4 Å². The highest BCUT2D eigenvalue weighted by Crippen LogP contribution is 2.50. The molecule has 0 amide bonds. The van der Waals surface area contributed by atoms with Gasteiger partial charge in [0.25, 0.3) is 0 Å². The number of aromatic nitrogens is 1. The van der Waals surface area contributed by atoms with E-state index in [1.807, 2.05) is 6.07 Å². The first kappa shape index (κ1) is 11.4. The molecule has 5 heteroatoms. The van der Waals surface area contributed by atoms with Crippen molar-refractivity contribution in [2.75, 3.05) is 7.11 Å². The van der Waals surface area contributed by atoms with Crippen molar-refractivity contribution in [2.45, 2.75) is 24.3 Å². The lowest BCUT2D eigenvalue weighted by Gasteiger charge is -2.21. The molecule has 4 nitrogen and oxygen atoms in total. The lowest BCUT2D eigenvalue weighted by Crippen LogP contribution is -2.42. The fourth-order valence-electron chi connectivity index (χ4n) is 1.94. The van der Waals surface area contributed by atoms with Gasteiger partial charge in [0.15, 0.2) is 0 Å². The van der Waals surface area contributed by atoms with E-state index in [1.54, 1.807) is 12.3 Å². The number of carbonyl (C=O) groups excluding carboxylic acids is 1. The van der Waals surface area contributed by atoms with Gasteiger partial charge in [-0.3, -0.25) is 4.79 Å². The Labute approximate surface area is 98.8 Å². The van der Waals surface area contributed by atoms with E-state index in [0.717, 1.165) is 18.4 Å². The maximum absolute atomic E-state index is 11.4. The molecule has 16 heavy (non-hydrogen) atoms. The molecular formula is C11H13ClN2O2. The second kappa shape index (κ2) is 4.03. The minimum atomic E-state index is -0.625. The average Bonchev–Trinajstić information content (AvgIpc) is 3.09. The highest BCUT2D eigenvalue weighted by Gasteiger charge is 2.52. The molecule has 0 saturated heterocycles. The van der Waals surface area contributed by atoms with Crippen LogP contribution in [0.4, 0.5) is 0 Å². The van der Waals surface area contributed by atoms with E-state index in [9.17, 15) is 4.79 Å². The van der Waals surface area contributed by atoms with Gasteiger partial charge in [0, 0.05) is 11.6 Å². The fourth-order valence-corrected chi connectivity index (χ4v) is 2.05. The third kappa shape index (κ3) is 1.79.